The fraction of sp³-hybridized carbons (Fsp3) is 0.333. The summed E-state index contributed by atoms with van der Waals surface area (Å²) in [6, 6.07) is 3.02. The topological polar surface area (TPSA) is 157 Å². The summed E-state index contributed by atoms with van der Waals surface area (Å²) < 4.78 is 1.69. The van der Waals surface area contributed by atoms with E-state index in [1.54, 1.807) is 36.1 Å². The van der Waals surface area contributed by atoms with Crippen molar-refractivity contribution in [3.05, 3.63) is 35.9 Å². The van der Waals surface area contributed by atoms with Gasteiger partial charge in [-0.1, -0.05) is 6.07 Å². The van der Waals surface area contributed by atoms with Crippen LogP contribution in [-0.4, -0.2) is 48.8 Å². The van der Waals surface area contributed by atoms with Gasteiger partial charge >= 0.3 is 11.9 Å². The summed E-state index contributed by atoms with van der Waals surface area (Å²) in [4.78, 5) is 30.5. The van der Waals surface area contributed by atoms with Gasteiger partial charge in [-0.2, -0.15) is 0 Å². The van der Waals surface area contributed by atoms with Crippen molar-refractivity contribution in [3.8, 4) is 11.4 Å². The number of aryl methyl sites for hydroxylation is 1. The molecule has 2 atom stereocenters. The molecule has 128 valence electrons. The van der Waals surface area contributed by atoms with Gasteiger partial charge in [0.25, 0.3) is 0 Å². The van der Waals surface area contributed by atoms with Gasteiger partial charge in [-0.3, -0.25) is 14.6 Å². The highest BCUT2D eigenvalue weighted by molar-refractivity contribution is 5.74. The average molecular weight is 333 g/mol. The molecule has 0 aliphatic heterocycles. The van der Waals surface area contributed by atoms with Gasteiger partial charge in [-0.15, -0.1) is 0 Å². The number of aliphatic carboxylic acids is 2. The zero-order valence-corrected chi connectivity index (χ0v) is 13.1. The molecule has 0 fully saturated rings. The molecule has 9 heteroatoms. The molecule has 0 aromatic carbocycles. The Morgan fingerprint density at radius 3 is 2.42 bits per heavy atom. The second kappa shape index (κ2) is 7.20. The first-order valence-electron chi connectivity index (χ1n) is 7.23. The molecule has 2 aromatic heterocycles. The fourth-order valence-electron chi connectivity index (χ4n) is 2.24. The van der Waals surface area contributed by atoms with E-state index in [0.29, 0.717) is 22.8 Å². The lowest BCUT2D eigenvalue weighted by Gasteiger charge is -2.10. The Morgan fingerprint density at radius 1 is 1.17 bits per heavy atom. The number of aromatic nitrogens is 3. The van der Waals surface area contributed by atoms with E-state index >= 15 is 0 Å². The minimum atomic E-state index is -1.10. The number of pyridine rings is 1. The van der Waals surface area contributed by atoms with E-state index < -0.39 is 24.0 Å². The van der Waals surface area contributed by atoms with Crippen molar-refractivity contribution in [2.45, 2.75) is 24.9 Å². The minimum absolute atomic E-state index is 0.0833. The van der Waals surface area contributed by atoms with Crippen LogP contribution in [0, 0.1) is 0 Å². The number of carboxylic acids is 2. The zero-order chi connectivity index (χ0) is 17.9. The van der Waals surface area contributed by atoms with Crippen molar-refractivity contribution in [2.24, 2.45) is 18.5 Å². The number of carbonyl (C=O) groups is 2. The third-order valence-electron chi connectivity index (χ3n) is 3.59. The van der Waals surface area contributed by atoms with Crippen molar-refractivity contribution in [3.63, 3.8) is 0 Å². The molecule has 0 saturated carbocycles. The Balaban J connectivity index is 2.32. The fourth-order valence-corrected chi connectivity index (χ4v) is 2.24. The van der Waals surface area contributed by atoms with Crippen molar-refractivity contribution in [1.29, 1.82) is 0 Å². The number of rotatable bonds is 7. The predicted octanol–water partition coefficient (Wildman–Crippen LogP) is -0.609. The van der Waals surface area contributed by atoms with E-state index in [0.717, 1.165) is 0 Å². The number of carboxylic acid groups (broad SMARTS) is 2. The van der Waals surface area contributed by atoms with Crippen LogP contribution < -0.4 is 11.5 Å². The molecular formula is C15H19N5O4. The first-order valence-corrected chi connectivity index (χ1v) is 7.23. The monoisotopic (exact) mass is 333 g/mol. The van der Waals surface area contributed by atoms with Crippen LogP contribution in [0.5, 0.6) is 0 Å². The van der Waals surface area contributed by atoms with Crippen molar-refractivity contribution in [2.75, 3.05) is 0 Å². The Kier molecular flexibility index (Phi) is 5.27. The summed E-state index contributed by atoms with van der Waals surface area (Å²) in [6.07, 6.45) is 1.73. The van der Waals surface area contributed by atoms with Crippen LogP contribution in [0.15, 0.2) is 24.5 Å². The van der Waals surface area contributed by atoms with Crippen LogP contribution in [0.25, 0.3) is 11.4 Å². The van der Waals surface area contributed by atoms with Crippen LogP contribution in [0.3, 0.4) is 0 Å². The standard InChI is InChI=1S/C15H19N5O4/c1-20-7-18-13(12(20)6-10(17)15(23)24)11-4-2-3-8(19-11)5-9(16)14(21)22/h2-4,7,9-10H,5-6,16-17H2,1H3,(H,21,22)(H,23,24)/t9?,10-/m0/s1. The Labute approximate surface area is 137 Å². The highest BCUT2D eigenvalue weighted by Crippen LogP contribution is 2.21. The number of nitrogens with zero attached hydrogens (tertiary/aromatic N) is 3. The number of nitrogens with two attached hydrogens (primary N) is 2. The second-order valence-corrected chi connectivity index (χ2v) is 5.46. The van der Waals surface area contributed by atoms with Gasteiger partial charge in [0, 0.05) is 31.3 Å². The Morgan fingerprint density at radius 2 is 1.79 bits per heavy atom. The molecule has 0 aliphatic rings. The summed E-state index contributed by atoms with van der Waals surface area (Å²) >= 11 is 0. The van der Waals surface area contributed by atoms with Crippen LogP contribution >= 0.6 is 0 Å². The van der Waals surface area contributed by atoms with E-state index in [1.807, 2.05) is 0 Å². The molecule has 0 bridgehead atoms. The third kappa shape index (κ3) is 3.94. The molecule has 0 amide bonds. The molecule has 9 nitrogen and oxygen atoms in total. The minimum Gasteiger partial charge on any atom is -0.480 e. The van der Waals surface area contributed by atoms with E-state index in [9.17, 15) is 9.59 Å². The SMILES string of the molecule is Cn1cnc(-c2cccc(CC(N)C(=O)O)n2)c1C[C@H](N)C(=O)O. The van der Waals surface area contributed by atoms with Gasteiger partial charge < -0.3 is 26.2 Å². The quantitative estimate of drug-likeness (QED) is 0.522. The van der Waals surface area contributed by atoms with Crippen LogP contribution in [0.2, 0.25) is 0 Å². The Bertz CT molecular complexity index is 758. The lowest BCUT2D eigenvalue weighted by molar-refractivity contribution is -0.139. The molecule has 6 N–H and O–H groups in total. The summed E-state index contributed by atoms with van der Waals surface area (Å²) in [5.74, 6) is -2.20. The van der Waals surface area contributed by atoms with E-state index in [2.05, 4.69) is 9.97 Å². The predicted molar refractivity (Wildman–Crippen MR) is 85.1 cm³/mol. The van der Waals surface area contributed by atoms with Crippen molar-refractivity contribution in [1.82, 2.24) is 14.5 Å². The summed E-state index contributed by atoms with van der Waals surface area (Å²) in [5, 5.41) is 17.9. The van der Waals surface area contributed by atoms with Crippen LogP contribution in [-0.2, 0) is 29.5 Å². The molecule has 0 radical (unpaired) electrons. The van der Waals surface area contributed by atoms with Crippen molar-refractivity contribution < 1.29 is 19.8 Å². The molecule has 2 rings (SSSR count). The largest absolute Gasteiger partial charge is 0.480 e. The van der Waals surface area contributed by atoms with Gasteiger partial charge in [0.05, 0.1) is 12.0 Å². The average Bonchev–Trinajstić information content (AvgIpc) is 2.88. The highest BCUT2D eigenvalue weighted by Gasteiger charge is 2.20. The first kappa shape index (κ1) is 17.6. The maximum Gasteiger partial charge on any atom is 0.320 e. The summed E-state index contributed by atoms with van der Waals surface area (Å²) in [5.41, 5.74) is 13.3. The van der Waals surface area contributed by atoms with E-state index in [4.69, 9.17) is 21.7 Å². The Hall–Kier alpha value is -2.78. The van der Waals surface area contributed by atoms with Gasteiger partial charge in [0.15, 0.2) is 0 Å². The smallest absolute Gasteiger partial charge is 0.320 e. The summed E-state index contributed by atoms with van der Waals surface area (Å²) in [6.45, 7) is 0. The van der Waals surface area contributed by atoms with Crippen molar-refractivity contribution >= 4 is 11.9 Å². The molecule has 24 heavy (non-hydrogen) atoms. The maximum atomic E-state index is 11.0. The number of hydrogen-bond acceptors (Lipinski definition) is 6. The normalized spacial score (nSPS) is 13.5. The summed E-state index contributed by atoms with van der Waals surface area (Å²) in [7, 11) is 1.74. The van der Waals surface area contributed by atoms with E-state index in [1.165, 1.54) is 0 Å². The van der Waals surface area contributed by atoms with Gasteiger partial charge in [0.1, 0.15) is 17.8 Å². The van der Waals surface area contributed by atoms with Crippen LogP contribution in [0.4, 0.5) is 0 Å². The number of imidazole rings is 1. The molecule has 2 heterocycles. The van der Waals surface area contributed by atoms with E-state index in [-0.39, 0.29) is 12.8 Å². The lowest BCUT2D eigenvalue weighted by Crippen LogP contribution is -2.33. The first-order chi connectivity index (χ1) is 11.3. The molecule has 0 saturated heterocycles. The molecular weight excluding hydrogens is 314 g/mol. The molecule has 2 aromatic rings. The van der Waals surface area contributed by atoms with Gasteiger partial charge in [-0.05, 0) is 12.1 Å². The zero-order valence-electron chi connectivity index (χ0n) is 13.1. The maximum absolute atomic E-state index is 11.0. The molecule has 0 aliphatic carbocycles. The highest BCUT2D eigenvalue weighted by atomic mass is 16.4. The van der Waals surface area contributed by atoms with Crippen LogP contribution in [0.1, 0.15) is 11.4 Å². The van der Waals surface area contributed by atoms with Gasteiger partial charge in [-0.25, -0.2) is 4.98 Å². The lowest BCUT2D eigenvalue weighted by atomic mass is 10.1. The third-order valence-corrected chi connectivity index (χ3v) is 3.59. The number of hydrogen-bond donors (Lipinski definition) is 4. The molecule has 0 spiro atoms. The van der Waals surface area contributed by atoms with Gasteiger partial charge in [0.2, 0.25) is 0 Å². The second-order valence-electron chi connectivity index (χ2n) is 5.46. The molecule has 1 unspecified atom stereocenters.